The molecule has 0 atom stereocenters. The average molecular weight is 360 g/mol. The van der Waals surface area contributed by atoms with E-state index in [0.717, 1.165) is 8.95 Å². The molecular formula is C11H8Br2N2O2. The van der Waals surface area contributed by atoms with Gasteiger partial charge in [0.15, 0.2) is 0 Å². The van der Waals surface area contributed by atoms with Crippen molar-refractivity contribution < 1.29 is 5.11 Å². The van der Waals surface area contributed by atoms with Crippen LogP contribution in [0.2, 0.25) is 0 Å². The summed E-state index contributed by atoms with van der Waals surface area (Å²) in [5, 5.41) is 9.53. The Morgan fingerprint density at radius 1 is 1.24 bits per heavy atom. The van der Waals surface area contributed by atoms with Gasteiger partial charge in [-0.1, -0.05) is 31.9 Å². The number of H-pyrrole nitrogens is 1. The summed E-state index contributed by atoms with van der Waals surface area (Å²) in [5.74, 6) is 0.0833. The lowest BCUT2D eigenvalue weighted by atomic mass is 10.2. The number of aromatic amines is 1. The van der Waals surface area contributed by atoms with E-state index >= 15 is 0 Å². The van der Waals surface area contributed by atoms with Crippen LogP contribution in [0.3, 0.4) is 0 Å². The summed E-state index contributed by atoms with van der Waals surface area (Å²) in [7, 11) is 0. The maximum Gasteiger partial charge on any atom is 0.257 e. The van der Waals surface area contributed by atoms with Gasteiger partial charge in [0, 0.05) is 14.5 Å². The number of aromatic nitrogens is 2. The fourth-order valence-corrected chi connectivity index (χ4v) is 2.64. The summed E-state index contributed by atoms with van der Waals surface area (Å²) in [5.41, 5.74) is 0.574. The predicted octanol–water partition coefficient (Wildman–Crippen LogP) is 2.98. The normalized spacial score (nSPS) is 10.5. The highest BCUT2D eigenvalue weighted by atomic mass is 79.9. The molecule has 0 aliphatic rings. The summed E-state index contributed by atoms with van der Waals surface area (Å²) < 4.78 is 1.70. The Bertz CT molecular complexity index is 618. The lowest BCUT2D eigenvalue weighted by Gasteiger charge is -2.04. The Hall–Kier alpha value is -1.14. The van der Waals surface area contributed by atoms with Crippen molar-refractivity contribution in [2.24, 2.45) is 0 Å². The first kappa shape index (κ1) is 12.3. The smallest absolute Gasteiger partial charge is 0.257 e. The highest BCUT2D eigenvalue weighted by molar-refractivity contribution is 9.11. The molecule has 1 aromatic heterocycles. The van der Waals surface area contributed by atoms with Crippen LogP contribution in [-0.2, 0) is 0 Å². The summed E-state index contributed by atoms with van der Waals surface area (Å²) in [6.07, 6.45) is 0. The summed E-state index contributed by atoms with van der Waals surface area (Å²) in [6.45, 7) is 1.52. The van der Waals surface area contributed by atoms with E-state index in [0.29, 0.717) is 11.4 Å². The van der Waals surface area contributed by atoms with Crippen LogP contribution < -0.4 is 5.56 Å². The molecule has 0 saturated carbocycles. The largest absolute Gasteiger partial charge is 0.493 e. The minimum Gasteiger partial charge on any atom is -0.493 e. The molecule has 2 aromatic rings. The molecule has 1 aromatic carbocycles. The van der Waals surface area contributed by atoms with Crippen molar-refractivity contribution in [1.82, 2.24) is 9.97 Å². The van der Waals surface area contributed by atoms with Crippen molar-refractivity contribution in [1.29, 1.82) is 0 Å². The van der Waals surface area contributed by atoms with E-state index in [9.17, 15) is 9.90 Å². The number of rotatable bonds is 1. The topological polar surface area (TPSA) is 66.0 Å². The van der Waals surface area contributed by atoms with Crippen LogP contribution in [0, 0.1) is 6.92 Å². The molecule has 0 aliphatic carbocycles. The molecule has 0 radical (unpaired) electrons. The van der Waals surface area contributed by atoms with E-state index in [1.165, 1.54) is 6.92 Å². The molecule has 0 fully saturated rings. The van der Waals surface area contributed by atoms with Crippen LogP contribution in [0.5, 0.6) is 5.88 Å². The summed E-state index contributed by atoms with van der Waals surface area (Å²) in [4.78, 5) is 18.1. The molecular weight excluding hydrogens is 352 g/mol. The monoisotopic (exact) mass is 358 g/mol. The van der Waals surface area contributed by atoms with Gasteiger partial charge in [-0.05, 0) is 25.1 Å². The van der Waals surface area contributed by atoms with Crippen molar-refractivity contribution in [3.63, 3.8) is 0 Å². The summed E-state index contributed by atoms with van der Waals surface area (Å²) in [6, 6.07) is 5.48. The number of hydrogen-bond donors (Lipinski definition) is 2. The number of benzene rings is 1. The Labute approximate surface area is 114 Å². The fourth-order valence-electron chi connectivity index (χ4n) is 1.35. The van der Waals surface area contributed by atoms with E-state index in [4.69, 9.17) is 0 Å². The second-order valence-electron chi connectivity index (χ2n) is 3.52. The molecule has 0 spiro atoms. The Balaban J connectivity index is 2.65. The van der Waals surface area contributed by atoms with E-state index in [1.54, 1.807) is 12.1 Å². The fraction of sp³-hybridized carbons (Fsp3) is 0.0909. The van der Waals surface area contributed by atoms with Gasteiger partial charge >= 0.3 is 0 Å². The zero-order valence-corrected chi connectivity index (χ0v) is 12.0. The van der Waals surface area contributed by atoms with Gasteiger partial charge in [-0.15, -0.1) is 0 Å². The second-order valence-corrected chi connectivity index (χ2v) is 5.35. The third-order valence-electron chi connectivity index (χ3n) is 2.26. The van der Waals surface area contributed by atoms with E-state index < -0.39 is 0 Å². The first-order valence-corrected chi connectivity index (χ1v) is 6.32. The van der Waals surface area contributed by atoms with Crippen molar-refractivity contribution in [3.05, 3.63) is 43.1 Å². The number of aromatic hydroxyl groups is 1. The lowest BCUT2D eigenvalue weighted by Crippen LogP contribution is -2.12. The van der Waals surface area contributed by atoms with E-state index in [1.807, 2.05) is 6.07 Å². The van der Waals surface area contributed by atoms with Crippen LogP contribution in [0.1, 0.15) is 5.56 Å². The number of nitrogens with zero attached hydrogens (tertiary/aromatic N) is 1. The first-order valence-electron chi connectivity index (χ1n) is 4.73. The van der Waals surface area contributed by atoms with Gasteiger partial charge in [0.1, 0.15) is 5.82 Å². The van der Waals surface area contributed by atoms with Gasteiger partial charge in [0.25, 0.3) is 5.56 Å². The quantitative estimate of drug-likeness (QED) is 0.822. The molecule has 0 amide bonds. The second kappa shape index (κ2) is 4.62. The maximum absolute atomic E-state index is 11.5. The van der Waals surface area contributed by atoms with Gasteiger partial charge in [-0.2, -0.15) is 4.98 Å². The minimum atomic E-state index is -0.344. The third kappa shape index (κ3) is 2.58. The number of halogens is 2. The SMILES string of the molecule is Cc1c(O)nc(-c2cc(Br)cc(Br)c2)[nH]c1=O. The molecule has 0 saturated heterocycles. The van der Waals surface area contributed by atoms with Crippen molar-refractivity contribution in [3.8, 4) is 17.3 Å². The highest BCUT2D eigenvalue weighted by Crippen LogP contribution is 2.26. The number of hydrogen-bond acceptors (Lipinski definition) is 3. The molecule has 0 unspecified atom stereocenters. The molecule has 0 aliphatic heterocycles. The van der Waals surface area contributed by atoms with Gasteiger partial charge in [0.2, 0.25) is 5.88 Å². The minimum absolute atomic E-state index is 0.211. The molecule has 88 valence electrons. The lowest BCUT2D eigenvalue weighted by molar-refractivity contribution is 0.447. The average Bonchev–Trinajstić information content (AvgIpc) is 2.23. The van der Waals surface area contributed by atoms with Gasteiger partial charge in [-0.3, -0.25) is 4.79 Å². The standard InChI is InChI=1S/C11H8Br2N2O2/c1-5-10(16)14-9(15-11(5)17)6-2-7(12)4-8(13)3-6/h2-4H,1H3,(H2,14,15,16,17). The molecule has 6 heteroatoms. The molecule has 2 rings (SSSR count). The van der Waals surface area contributed by atoms with Crippen molar-refractivity contribution >= 4 is 31.9 Å². The van der Waals surface area contributed by atoms with E-state index in [-0.39, 0.29) is 17.0 Å². The van der Waals surface area contributed by atoms with Crippen LogP contribution in [0.25, 0.3) is 11.4 Å². The summed E-state index contributed by atoms with van der Waals surface area (Å²) >= 11 is 6.70. The van der Waals surface area contributed by atoms with Gasteiger partial charge in [0.05, 0.1) is 5.56 Å². The first-order chi connectivity index (χ1) is 7.97. The third-order valence-corrected chi connectivity index (χ3v) is 3.18. The zero-order chi connectivity index (χ0) is 12.6. The molecule has 1 heterocycles. The number of nitrogens with one attached hydrogen (secondary N) is 1. The Morgan fingerprint density at radius 3 is 2.35 bits per heavy atom. The van der Waals surface area contributed by atoms with Crippen LogP contribution in [0.4, 0.5) is 0 Å². The van der Waals surface area contributed by atoms with Crippen LogP contribution in [0.15, 0.2) is 31.9 Å². The molecule has 4 nitrogen and oxygen atoms in total. The van der Waals surface area contributed by atoms with Gasteiger partial charge < -0.3 is 10.1 Å². The predicted molar refractivity (Wildman–Crippen MR) is 72.1 cm³/mol. The molecule has 17 heavy (non-hydrogen) atoms. The molecule has 0 bridgehead atoms. The zero-order valence-electron chi connectivity index (χ0n) is 8.79. The van der Waals surface area contributed by atoms with Crippen LogP contribution in [-0.4, -0.2) is 15.1 Å². The van der Waals surface area contributed by atoms with Crippen molar-refractivity contribution in [2.45, 2.75) is 6.92 Å². The van der Waals surface area contributed by atoms with Gasteiger partial charge in [-0.25, -0.2) is 0 Å². The van der Waals surface area contributed by atoms with Crippen LogP contribution >= 0.6 is 31.9 Å². The molecule has 2 N–H and O–H groups in total. The Morgan fingerprint density at radius 2 is 1.82 bits per heavy atom. The van der Waals surface area contributed by atoms with Crippen molar-refractivity contribution in [2.75, 3.05) is 0 Å². The highest BCUT2D eigenvalue weighted by Gasteiger charge is 2.08. The Kier molecular flexibility index (Phi) is 3.35. The van der Waals surface area contributed by atoms with E-state index in [2.05, 4.69) is 41.8 Å². The maximum atomic E-state index is 11.5.